The number of hydrogen-bond acceptors (Lipinski definition) is 3. The van der Waals surface area contributed by atoms with Crippen molar-refractivity contribution in [2.75, 3.05) is 0 Å². The Morgan fingerprint density at radius 3 is 2.21 bits per heavy atom. The maximum absolute atomic E-state index is 13.7. The van der Waals surface area contributed by atoms with E-state index in [1.807, 2.05) is 20.8 Å². The van der Waals surface area contributed by atoms with Gasteiger partial charge in [-0.25, -0.2) is 13.2 Å². The van der Waals surface area contributed by atoms with Gasteiger partial charge in [0.15, 0.2) is 0 Å². The Hall–Kier alpha value is -2.09. The first-order valence-electron chi connectivity index (χ1n) is 9.03. The van der Waals surface area contributed by atoms with Crippen LogP contribution in [0.25, 0.3) is 0 Å². The van der Waals surface area contributed by atoms with Crippen molar-refractivity contribution < 1.29 is 18.3 Å². The zero-order chi connectivity index (χ0) is 21.6. The molecule has 0 spiro atoms. The molecule has 0 aromatic heterocycles. The van der Waals surface area contributed by atoms with Crippen LogP contribution in [0.2, 0.25) is 5.02 Å². The molecular formula is C21H21BClNO4S. The van der Waals surface area contributed by atoms with E-state index < -0.39 is 33.5 Å². The lowest BCUT2D eigenvalue weighted by Gasteiger charge is -2.37. The van der Waals surface area contributed by atoms with Crippen LogP contribution in [0, 0.1) is 5.41 Å². The second-order valence-corrected chi connectivity index (χ2v) is 10.3. The lowest BCUT2D eigenvalue weighted by molar-refractivity contribution is -0.133. The van der Waals surface area contributed by atoms with Gasteiger partial charge in [-0.05, 0) is 23.1 Å². The summed E-state index contributed by atoms with van der Waals surface area (Å²) in [5.41, 5.74) is 0.471. The van der Waals surface area contributed by atoms with E-state index in [0.29, 0.717) is 11.0 Å². The Bertz CT molecular complexity index is 1070. The molecule has 0 amide bonds. The first-order chi connectivity index (χ1) is 13.4. The second kappa shape index (κ2) is 7.63. The van der Waals surface area contributed by atoms with Crippen molar-refractivity contribution in [1.82, 2.24) is 4.31 Å². The van der Waals surface area contributed by atoms with E-state index in [-0.39, 0.29) is 15.5 Å². The van der Waals surface area contributed by atoms with Crippen molar-refractivity contribution in [1.29, 1.82) is 0 Å². The first-order valence-corrected chi connectivity index (χ1v) is 10.8. The number of halogens is 1. The fourth-order valence-corrected chi connectivity index (χ4v) is 5.92. The van der Waals surface area contributed by atoms with Crippen molar-refractivity contribution in [3.8, 4) is 0 Å². The molecule has 1 aliphatic rings. The van der Waals surface area contributed by atoms with Gasteiger partial charge in [0.25, 0.3) is 0 Å². The number of carboxylic acid groups (broad SMARTS) is 1. The molecule has 8 heteroatoms. The van der Waals surface area contributed by atoms with Gasteiger partial charge in [0, 0.05) is 6.04 Å². The summed E-state index contributed by atoms with van der Waals surface area (Å²) in [6.45, 7) is 5.61. The fourth-order valence-electron chi connectivity index (χ4n) is 3.51. The third kappa shape index (κ3) is 3.99. The van der Waals surface area contributed by atoms with Crippen LogP contribution in [0.4, 0.5) is 0 Å². The number of aliphatic carboxylic acids is 1. The minimum absolute atomic E-state index is 0.00493. The SMILES string of the molecule is [B]c1ccc(C2C(C(=O)O)=CC(C(C)(C)C)N2S(=O)(=O)c2ccccc2Cl)cc1. The third-order valence-electron chi connectivity index (χ3n) is 4.94. The highest BCUT2D eigenvalue weighted by Gasteiger charge is 2.49. The summed E-state index contributed by atoms with van der Waals surface area (Å²) in [4.78, 5) is 12.0. The summed E-state index contributed by atoms with van der Waals surface area (Å²) in [5.74, 6) is -1.17. The second-order valence-electron chi connectivity index (χ2n) is 8.07. The topological polar surface area (TPSA) is 74.7 Å². The Morgan fingerprint density at radius 1 is 1.10 bits per heavy atom. The highest BCUT2D eigenvalue weighted by molar-refractivity contribution is 7.89. The smallest absolute Gasteiger partial charge is 0.333 e. The van der Waals surface area contributed by atoms with E-state index in [1.165, 1.54) is 22.5 Å². The average Bonchev–Trinajstić information content (AvgIpc) is 3.04. The van der Waals surface area contributed by atoms with Gasteiger partial charge >= 0.3 is 5.97 Å². The molecule has 2 radical (unpaired) electrons. The van der Waals surface area contributed by atoms with Crippen molar-refractivity contribution in [2.24, 2.45) is 5.41 Å². The molecule has 2 aromatic rings. The normalized spacial score (nSPS) is 20.5. The summed E-state index contributed by atoms with van der Waals surface area (Å²) in [5, 5.41) is 9.93. The molecule has 150 valence electrons. The molecule has 0 fully saturated rings. The Labute approximate surface area is 177 Å². The van der Waals surface area contributed by atoms with E-state index in [0.717, 1.165) is 0 Å². The first kappa shape index (κ1) is 21.6. The van der Waals surface area contributed by atoms with Crippen LogP contribution in [0.3, 0.4) is 0 Å². The zero-order valence-corrected chi connectivity index (χ0v) is 17.9. The van der Waals surface area contributed by atoms with Gasteiger partial charge in [-0.15, -0.1) is 0 Å². The van der Waals surface area contributed by atoms with E-state index in [4.69, 9.17) is 19.4 Å². The molecule has 29 heavy (non-hydrogen) atoms. The Balaban J connectivity index is 2.27. The van der Waals surface area contributed by atoms with Gasteiger partial charge in [0.2, 0.25) is 10.0 Å². The van der Waals surface area contributed by atoms with E-state index in [9.17, 15) is 18.3 Å². The molecule has 2 aromatic carbocycles. The molecule has 1 heterocycles. The summed E-state index contributed by atoms with van der Waals surface area (Å²) in [6.07, 6.45) is 1.53. The number of sulfonamides is 1. The van der Waals surface area contributed by atoms with Crippen LogP contribution in [0.15, 0.2) is 65.1 Å². The average molecular weight is 430 g/mol. The molecule has 0 saturated carbocycles. The number of hydrogen-bond donors (Lipinski definition) is 1. The molecule has 2 unspecified atom stereocenters. The van der Waals surface area contributed by atoms with E-state index in [1.54, 1.807) is 36.4 Å². The number of carbonyl (C=O) groups is 1. The minimum atomic E-state index is -4.12. The molecule has 0 bridgehead atoms. The van der Waals surface area contributed by atoms with E-state index >= 15 is 0 Å². The zero-order valence-electron chi connectivity index (χ0n) is 16.3. The predicted octanol–water partition coefficient (Wildman–Crippen LogP) is 3.31. The summed E-state index contributed by atoms with van der Waals surface area (Å²) in [6, 6.07) is 11.0. The maximum Gasteiger partial charge on any atom is 0.333 e. The third-order valence-corrected chi connectivity index (χ3v) is 7.29. The lowest BCUT2D eigenvalue weighted by atomic mass is 9.87. The highest BCUT2D eigenvalue weighted by atomic mass is 35.5. The molecule has 1 N–H and O–H groups in total. The van der Waals surface area contributed by atoms with Crippen molar-refractivity contribution in [3.63, 3.8) is 0 Å². The number of nitrogens with zero attached hydrogens (tertiary/aromatic N) is 1. The molecule has 1 aliphatic heterocycles. The molecule has 5 nitrogen and oxygen atoms in total. The van der Waals surface area contributed by atoms with Gasteiger partial charge in [-0.1, -0.05) is 80.3 Å². The van der Waals surface area contributed by atoms with Gasteiger partial charge in [-0.3, -0.25) is 0 Å². The largest absolute Gasteiger partial charge is 0.478 e. The summed E-state index contributed by atoms with van der Waals surface area (Å²) < 4.78 is 28.7. The van der Waals surface area contributed by atoms with Gasteiger partial charge in [0.05, 0.1) is 16.6 Å². The van der Waals surface area contributed by atoms with Crippen molar-refractivity contribution >= 4 is 40.9 Å². The standard InChI is InChI=1S/C21H21BClNO4S/c1-21(2,3)18-12-15(20(25)26)19(13-8-10-14(22)11-9-13)24(18)29(27,28)17-7-5-4-6-16(17)23/h4-12,18-19H,1-3H3,(H,25,26). The predicted molar refractivity (Wildman–Crippen MR) is 114 cm³/mol. The minimum Gasteiger partial charge on any atom is -0.478 e. The van der Waals surface area contributed by atoms with Crippen LogP contribution >= 0.6 is 11.6 Å². The highest BCUT2D eigenvalue weighted by Crippen LogP contribution is 2.46. The van der Waals surface area contributed by atoms with Gasteiger partial charge in [-0.2, -0.15) is 4.31 Å². The molecule has 0 saturated heterocycles. The molecule has 3 rings (SSSR count). The van der Waals surface area contributed by atoms with Crippen LogP contribution in [0.5, 0.6) is 0 Å². The van der Waals surface area contributed by atoms with Gasteiger partial charge < -0.3 is 5.11 Å². The molecule has 0 aliphatic carbocycles. The van der Waals surface area contributed by atoms with Crippen molar-refractivity contribution in [2.45, 2.75) is 37.8 Å². The maximum atomic E-state index is 13.7. The van der Waals surface area contributed by atoms with Crippen LogP contribution < -0.4 is 5.46 Å². The van der Waals surface area contributed by atoms with Crippen LogP contribution in [-0.4, -0.2) is 37.7 Å². The molecular weight excluding hydrogens is 409 g/mol. The van der Waals surface area contributed by atoms with Crippen molar-refractivity contribution in [3.05, 3.63) is 70.8 Å². The number of benzene rings is 2. The summed E-state index contributed by atoms with van der Waals surface area (Å²) in [7, 11) is 1.65. The molecule has 2 atom stereocenters. The quantitative estimate of drug-likeness (QED) is 0.757. The monoisotopic (exact) mass is 429 g/mol. The number of carboxylic acids is 1. The van der Waals surface area contributed by atoms with Crippen LogP contribution in [-0.2, 0) is 14.8 Å². The summed E-state index contributed by atoms with van der Waals surface area (Å²) >= 11 is 6.21. The Kier molecular flexibility index (Phi) is 5.69. The van der Waals surface area contributed by atoms with Gasteiger partial charge in [0.1, 0.15) is 12.7 Å². The van der Waals surface area contributed by atoms with Crippen LogP contribution in [0.1, 0.15) is 32.4 Å². The number of rotatable bonds is 4. The fraction of sp³-hybridized carbons (Fsp3) is 0.286. The Morgan fingerprint density at radius 2 is 1.69 bits per heavy atom. The lowest BCUT2D eigenvalue weighted by Crippen LogP contribution is -2.45. The van der Waals surface area contributed by atoms with E-state index in [2.05, 4.69) is 0 Å².